The number of H-pyrrole nitrogens is 1. The predicted octanol–water partition coefficient (Wildman–Crippen LogP) is 2.04. The summed E-state index contributed by atoms with van der Waals surface area (Å²) in [6.45, 7) is 2.12. The maximum atomic E-state index is 13.4. The molecule has 1 aliphatic rings. The van der Waals surface area contributed by atoms with Gasteiger partial charge in [-0.05, 0) is 38.0 Å². The molecule has 0 saturated carbocycles. The van der Waals surface area contributed by atoms with Gasteiger partial charge in [0.05, 0.1) is 23.2 Å². The van der Waals surface area contributed by atoms with Crippen molar-refractivity contribution in [3.05, 3.63) is 29.8 Å². The summed E-state index contributed by atoms with van der Waals surface area (Å²) in [6.07, 6.45) is -0.454. The van der Waals surface area contributed by atoms with Crippen molar-refractivity contribution in [2.45, 2.75) is 38.0 Å². The van der Waals surface area contributed by atoms with Crippen LogP contribution in [-0.2, 0) is 9.53 Å². The average Bonchev–Trinajstić information content (AvgIpc) is 3.24. The fourth-order valence-electron chi connectivity index (χ4n) is 3.30. The summed E-state index contributed by atoms with van der Waals surface area (Å²) in [5.74, 6) is -0.168. The first kappa shape index (κ1) is 18.1. The van der Waals surface area contributed by atoms with Crippen molar-refractivity contribution in [3.8, 4) is 0 Å². The molecular weight excluding hydrogens is 343 g/mol. The quantitative estimate of drug-likeness (QED) is 0.752. The number of nitrogens with zero attached hydrogens (tertiary/aromatic N) is 2. The van der Waals surface area contributed by atoms with Gasteiger partial charge >= 0.3 is 6.09 Å². The highest BCUT2D eigenvalue weighted by Gasteiger charge is 2.38. The molecule has 0 bridgehead atoms. The van der Waals surface area contributed by atoms with Crippen molar-refractivity contribution in [1.82, 2.24) is 20.2 Å². The Hall–Kier alpha value is -2.68. The highest BCUT2D eigenvalue weighted by molar-refractivity contribution is 5.86. The van der Waals surface area contributed by atoms with Gasteiger partial charge in [0, 0.05) is 13.7 Å². The van der Waals surface area contributed by atoms with Crippen molar-refractivity contribution in [1.29, 1.82) is 0 Å². The van der Waals surface area contributed by atoms with E-state index in [1.807, 2.05) is 0 Å². The molecule has 2 amide bonds. The highest BCUT2D eigenvalue weighted by atomic mass is 19.1. The molecule has 0 spiro atoms. The number of amides is 2. The number of carbonyl (C=O) groups excluding carboxylic acids is 1. The molecule has 9 heteroatoms. The molecule has 26 heavy (non-hydrogen) atoms. The summed E-state index contributed by atoms with van der Waals surface area (Å²) in [5, 5.41) is 11.3. The average molecular weight is 364 g/mol. The van der Waals surface area contributed by atoms with Crippen LogP contribution in [0.3, 0.4) is 0 Å². The van der Waals surface area contributed by atoms with E-state index in [2.05, 4.69) is 15.3 Å². The molecule has 0 unspecified atom stereocenters. The minimum Gasteiger partial charge on any atom is -0.465 e. The lowest BCUT2D eigenvalue weighted by atomic mass is 10.1. The number of hydrogen-bond acceptors (Lipinski definition) is 4. The van der Waals surface area contributed by atoms with E-state index in [0.29, 0.717) is 29.8 Å². The van der Waals surface area contributed by atoms with Crippen molar-refractivity contribution < 1.29 is 23.8 Å². The maximum absolute atomic E-state index is 13.4. The molecule has 2 heterocycles. The van der Waals surface area contributed by atoms with Gasteiger partial charge in [-0.3, -0.25) is 4.79 Å². The van der Waals surface area contributed by atoms with Crippen LogP contribution in [0.15, 0.2) is 18.2 Å². The lowest BCUT2D eigenvalue weighted by molar-refractivity contribution is -0.137. The van der Waals surface area contributed by atoms with Gasteiger partial charge in [-0.1, -0.05) is 0 Å². The molecule has 0 aliphatic carbocycles. The smallest absolute Gasteiger partial charge is 0.405 e. The number of carboxylic acid groups (broad SMARTS) is 1. The number of carbonyl (C=O) groups is 2. The molecule has 3 rings (SSSR count). The first-order valence-corrected chi connectivity index (χ1v) is 8.38. The van der Waals surface area contributed by atoms with Crippen molar-refractivity contribution in [2.75, 3.05) is 13.7 Å². The second-order valence-corrected chi connectivity index (χ2v) is 6.34. The number of ether oxygens (including phenoxy) is 1. The Labute approximate surface area is 149 Å². The normalized spacial score (nSPS) is 19.5. The Morgan fingerprint density at radius 2 is 2.27 bits per heavy atom. The maximum Gasteiger partial charge on any atom is 0.405 e. The van der Waals surface area contributed by atoms with Gasteiger partial charge in [0.2, 0.25) is 5.91 Å². The highest BCUT2D eigenvalue weighted by Crippen LogP contribution is 2.32. The molecule has 3 atom stereocenters. The number of hydrogen-bond donors (Lipinski definition) is 3. The molecule has 140 valence electrons. The molecule has 1 aliphatic heterocycles. The Balaban J connectivity index is 1.87. The number of rotatable bonds is 5. The second-order valence-electron chi connectivity index (χ2n) is 6.34. The summed E-state index contributed by atoms with van der Waals surface area (Å²) in [7, 11) is 1.42. The molecule has 8 nitrogen and oxygen atoms in total. The van der Waals surface area contributed by atoms with Gasteiger partial charge in [-0.15, -0.1) is 0 Å². The Kier molecular flexibility index (Phi) is 5.08. The number of fused-ring (bicyclic) bond motifs is 1. The SMILES string of the molecule is CO[C@H](C)[C@H](NC(=O)O)C(=O)N1CCC[C@H]1c1nc2ccc(F)cc2[nH]1. The van der Waals surface area contributed by atoms with E-state index in [1.54, 1.807) is 17.9 Å². The van der Waals surface area contributed by atoms with Crippen molar-refractivity contribution >= 4 is 23.0 Å². The molecule has 2 aromatic rings. The van der Waals surface area contributed by atoms with Crippen LogP contribution in [0.2, 0.25) is 0 Å². The molecule has 1 saturated heterocycles. The number of halogens is 1. The van der Waals surface area contributed by atoms with E-state index in [0.717, 1.165) is 6.42 Å². The minimum atomic E-state index is -1.29. The van der Waals surface area contributed by atoms with Gasteiger partial charge in [-0.2, -0.15) is 0 Å². The van der Waals surface area contributed by atoms with Crippen molar-refractivity contribution in [3.63, 3.8) is 0 Å². The number of nitrogens with one attached hydrogen (secondary N) is 2. The summed E-state index contributed by atoms with van der Waals surface area (Å²) >= 11 is 0. The largest absolute Gasteiger partial charge is 0.465 e. The number of likely N-dealkylation sites (tertiary alicyclic amines) is 1. The van der Waals surface area contributed by atoms with Gasteiger partial charge in [0.1, 0.15) is 17.7 Å². The number of aromatic nitrogens is 2. The van der Waals surface area contributed by atoms with E-state index in [1.165, 1.54) is 19.2 Å². The standard InChI is InChI=1S/C17H21FN4O4/c1-9(26-2)14(21-17(24)25)16(23)22-7-3-4-13(22)15-19-11-6-5-10(18)8-12(11)20-15/h5-6,8-9,13-14,21H,3-4,7H2,1-2H3,(H,19,20)(H,24,25)/t9-,13+,14+/m1/s1. The molecule has 1 aromatic carbocycles. The number of methoxy groups -OCH3 is 1. The Bertz CT molecular complexity index is 824. The van der Waals surface area contributed by atoms with E-state index >= 15 is 0 Å². The van der Waals surface area contributed by atoms with Gasteiger partial charge in [0.15, 0.2) is 0 Å². The second kappa shape index (κ2) is 7.28. The van der Waals surface area contributed by atoms with Crippen LogP contribution in [0.5, 0.6) is 0 Å². The van der Waals surface area contributed by atoms with Crippen LogP contribution in [0, 0.1) is 5.82 Å². The number of imidazole rings is 1. The Morgan fingerprint density at radius 3 is 2.96 bits per heavy atom. The Morgan fingerprint density at radius 1 is 1.50 bits per heavy atom. The van der Waals surface area contributed by atoms with Crippen LogP contribution in [0.25, 0.3) is 11.0 Å². The molecule has 1 aromatic heterocycles. The third-order valence-electron chi connectivity index (χ3n) is 4.70. The molecule has 0 radical (unpaired) electrons. The zero-order valence-corrected chi connectivity index (χ0v) is 14.5. The fraction of sp³-hybridized carbons (Fsp3) is 0.471. The first-order chi connectivity index (χ1) is 12.4. The van der Waals surface area contributed by atoms with Gasteiger partial charge in [0.25, 0.3) is 0 Å². The lowest BCUT2D eigenvalue weighted by Crippen LogP contribution is -2.53. The van der Waals surface area contributed by atoms with Crippen LogP contribution < -0.4 is 5.32 Å². The minimum absolute atomic E-state index is 0.319. The number of benzene rings is 1. The van der Waals surface area contributed by atoms with Crippen LogP contribution in [0.4, 0.5) is 9.18 Å². The lowest BCUT2D eigenvalue weighted by Gasteiger charge is -2.30. The zero-order valence-electron chi connectivity index (χ0n) is 14.5. The van der Waals surface area contributed by atoms with E-state index < -0.39 is 18.2 Å². The molecule has 3 N–H and O–H groups in total. The van der Waals surface area contributed by atoms with Crippen LogP contribution in [-0.4, -0.2) is 57.8 Å². The summed E-state index contributed by atoms with van der Waals surface area (Å²) in [4.78, 5) is 33.2. The summed E-state index contributed by atoms with van der Waals surface area (Å²) in [5.41, 5.74) is 1.18. The first-order valence-electron chi connectivity index (χ1n) is 8.38. The summed E-state index contributed by atoms with van der Waals surface area (Å²) in [6, 6.07) is 2.93. The predicted molar refractivity (Wildman–Crippen MR) is 91.2 cm³/mol. The molecule has 1 fully saturated rings. The van der Waals surface area contributed by atoms with Crippen LogP contribution >= 0.6 is 0 Å². The van der Waals surface area contributed by atoms with E-state index in [-0.39, 0.29) is 17.8 Å². The third kappa shape index (κ3) is 3.48. The topological polar surface area (TPSA) is 108 Å². The van der Waals surface area contributed by atoms with E-state index in [4.69, 9.17) is 9.84 Å². The molecular formula is C17H21FN4O4. The third-order valence-corrected chi connectivity index (χ3v) is 4.70. The number of aromatic amines is 1. The zero-order chi connectivity index (χ0) is 18.8. The van der Waals surface area contributed by atoms with Gasteiger partial charge in [-0.25, -0.2) is 14.2 Å². The van der Waals surface area contributed by atoms with Crippen molar-refractivity contribution in [2.24, 2.45) is 0 Å². The van der Waals surface area contributed by atoms with Crippen LogP contribution in [0.1, 0.15) is 31.6 Å². The monoisotopic (exact) mass is 364 g/mol. The van der Waals surface area contributed by atoms with E-state index in [9.17, 15) is 14.0 Å². The summed E-state index contributed by atoms with van der Waals surface area (Å²) < 4.78 is 18.6. The van der Waals surface area contributed by atoms with Gasteiger partial charge < -0.3 is 25.0 Å². The fourth-order valence-corrected chi connectivity index (χ4v) is 3.30.